The lowest BCUT2D eigenvalue weighted by molar-refractivity contribution is -0.132. The molecule has 3 aromatic rings. The van der Waals surface area contributed by atoms with Crippen molar-refractivity contribution in [1.29, 1.82) is 5.26 Å². The first kappa shape index (κ1) is 25.3. The third kappa shape index (κ3) is 4.84. The molecule has 0 bridgehead atoms. The molecule has 37 heavy (non-hydrogen) atoms. The molecule has 1 unspecified atom stereocenters. The van der Waals surface area contributed by atoms with E-state index in [-0.39, 0.29) is 11.3 Å². The van der Waals surface area contributed by atoms with Gasteiger partial charge in [0, 0.05) is 11.3 Å². The Balaban J connectivity index is 1.94. The van der Waals surface area contributed by atoms with Crippen LogP contribution in [0, 0.1) is 11.3 Å². The van der Waals surface area contributed by atoms with Crippen molar-refractivity contribution in [1.82, 2.24) is 0 Å². The summed E-state index contributed by atoms with van der Waals surface area (Å²) in [6.45, 7) is 4.48. The third-order valence-corrected chi connectivity index (χ3v) is 5.94. The standard InChI is InChI=1S/C29H26N2O6/c1-4-36-22-8-6-7-20(15-22)27(32)25-26(19-11-14-23(35-3)24(16-19)37-5-2)31(29(34)28(25)33)21-12-9-18(17-30)10-13-21/h6-16,26,32H,4-5H2,1-3H3/b27-25-. The second-order valence-corrected chi connectivity index (χ2v) is 8.13. The van der Waals surface area contributed by atoms with Crippen LogP contribution >= 0.6 is 0 Å². The van der Waals surface area contributed by atoms with Crippen LogP contribution in [0.3, 0.4) is 0 Å². The number of aliphatic hydroxyl groups excluding tert-OH is 1. The maximum atomic E-state index is 13.4. The van der Waals surface area contributed by atoms with E-state index < -0.39 is 17.7 Å². The second-order valence-electron chi connectivity index (χ2n) is 8.13. The van der Waals surface area contributed by atoms with Gasteiger partial charge in [-0.15, -0.1) is 0 Å². The van der Waals surface area contributed by atoms with Gasteiger partial charge in [-0.1, -0.05) is 18.2 Å². The van der Waals surface area contributed by atoms with Crippen molar-refractivity contribution in [3.63, 3.8) is 0 Å². The number of nitriles is 1. The Hall–Kier alpha value is -4.77. The summed E-state index contributed by atoms with van der Waals surface area (Å²) >= 11 is 0. The van der Waals surface area contributed by atoms with Gasteiger partial charge in [-0.25, -0.2) is 0 Å². The van der Waals surface area contributed by atoms with Crippen LogP contribution in [-0.4, -0.2) is 37.1 Å². The molecule has 0 saturated carbocycles. The molecule has 4 rings (SSSR count). The number of anilines is 1. The predicted molar refractivity (Wildman–Crippen MR) is 138 cm³/mol. The number of nitrogens with zero attached hydrogens (tertiary/aromatic N) is 2. The SMILES string of the molecule is CCOc1cccc(/C(O)=C2/C(=O)C(=O)N(c3ccc(C#N)cc3)C2c2ccc(OC)c(OCC)c2)c1. The Bertz CT molecular complexity index is 1400. The number of ketones is 1. The van der Waals surface area contributed by atoms with Crippen molar-refractivity contribution in [3.05, 3.63) is 89.0 Å². The monoisotopic (exact) mass is 498 g/mol. The molecular weight excluding hydrogens is 472 g/mol. The molecular formula is C29H26N2O6. The number of carbonyl (C=O) groups is 2. The van der Waals surface area contributed by atoms with Crippen molar-refractivity contribution < 1.29 is 28.9 Å². The van der Waals surface area contributed by atoms with E-state index in [2.05, 4.69) is 0 Å². The molecule has 1 aliphatic heterocycles. The molecule has 1 saturated heterocycles. The Labute approximate surface area is 214 Å². The number of ether oxygens (including phenoxy) is 3. The van der Waals surface area contributed by atoms with Gasteiger partial charge in [-0.3, -0.25) is 14.5 Å². The molecule has 8 nitrogen and oxygen atoms in total. The molecule has 1 N–H and O–H groups in total. The number of amides is 1. The average Bonchev–Trinajstić information content (AvgIpc) is 3.19. The molecule has 1 fully saturated rings. The number of Topliss-reactive ketones (excluding diaryl/α,β-unsaturated/α-hetero) is 1. The minimum Gasteiger partial charge on any atom is -0.507 e. The summed E-state index contributed by atoms with van der Waals surface area (Å²) in [6.07, 6.45) is 0. The predicted octanol–water partition coefficient (Wildman–Crippen LogP) is 4.99. The number of carbonyl (C=O) groups excluding carboxylic acids is 2. The van der Waals surface area contributed by atoms with Crippen LogP contribution < -0.4 is 19.1 Å². The maximum Gasteiger partial charge on any atom is 0.300 e. The summed E-state index contributed by atoms with van der Waals surface area (Å²) in [5.74, 6) is -0.507. The van der Waals surface area contributed by atoms with Crippen LogP contribution in [0.5, 0.6) is 17.2 Å². The summed E-state index contributed by atoms with van der Waals surface area (Å²) in [5, 5.41) is 20.6. The van der Waals surface area contributed by atoms with Gasteiger partial charge >= 0.3 is 0 Å². The molecule has 0 aromatic heterocycles. The fourth-order valence-corrected chi connectivity index (χ4v) is 4.30. The first-order chi connectivity index (χ1) is 17.9. The second kappa shape index (κ2) is 10.9. The third-order valence-electron chi connectivity index (χ3n) is 5.94. The molecule has 1 aliphatic rings. The minimum atomic E-state index is -0.964. The highest BCUT2D eigenvalue weighted by atomic mass is 16.5. The lowest BCUT2D eigenvalue weighted by Gasteiger charge is -2.26. The quantitative estimate of drug-likeness (QED) is 0.265. The first-order valence-corrected chi connectivity index (χ1v) is 11.8. The highest BCUT2D eigenvalue weighted by Gasteiger charge is 2.47. The topological polar surface area (TPSA) is 109 Å². The maximum absolute atomic E-state index is 13.4. The zero-order valence-corrected chi connectivity index (χ0v) is 20.7. The van der Waals surface area contributed by atoms with Gasteiger partial charge < -0.3 is 19.3 Å². The Morgan fingerprint density at radius 1 is 0.973 bits per heavy atom. The smallest absolute Gasteiger partial charge is 0.300 e. The van der Waals surface area contributed by atoms with Crippen LogP contribution in [0.2, 0.25) is 0 Å². The van der Waals surface area contributed by atoms with E-state index in [1.165, 1.54) is 12.0 Å². The number of benzene rings is 3. The molecule has 188 valence electrons. The number of methoxy groups -OCH3 is 1. The lowest BCUT2D eigenvalue weighted by Crippen LogP contribution is -2.29. The van der Waals surface area contributed by atoms with Crippen LogP contribution in [0.15, 0.2) is 72.3 Å². The molecule has 1 amide bonds. The molecule has 0 radical (unpaired) electrons. The number of hydrogen-bond donors (Lipinski definition) is 1. The number of rotatable bonds is 8. The van der Waals surface area contributed by atoms with Crippen LogP contribution in [0.25, 0.3) is 5.76 Å². The zero-order valence-electron chi connectivity index (χ0n) is 20.7. The van der Waals surface area contributed by atoms with Gasteiger partial charge in [0.15, 0.2) is 11.5 Å². The lowest BCUT2D eigenvalue weighted by atomic mass is 9.94. The fourth-order valence-electron chi connectivity index (χ4n) is 4.30. The van der Waals surface area contributed by atoms with E-state index in [4.69, 9.17) is 14.2 Å². The Morgan fingerprint density at radius 3 is 2.35 bits per heavy atom. The van der Waals surface area contributed by atoms with E-state index in [1.54, 1.807) is 66.7 Å². The number of aliphatic hydroxyl groups is 1. The number of hydrogen-bond acceptors (Lipinski definition) is 7. The van der Waals surface area contributed by atoms with Gasteiger partial charge in [0.25, 0.3) is 11.7 Å². The van der Waals surface area contributed by atoms with E-state index in [0.29, 0.717) is 52.8 Å². The van der Waals surface area contributed by atoms with Crippen molar-refractivity contribution in [3.8, 4) is 23.3 Å². The highest BCUT2D eigenvalue weighted by Crippen LogP contribution is 2.44. The van der Waals surface area contributed by atoms with Gasteiger partial charge in [-0.2, -0.15) is 5.26 Å². The van der Waals surface area contributed by atoms with E-state index in [0.717, 1.165) is 0 Å². The molecule has 0 spiro atoms. The van der Waals surface area contributed by atoms with Crippen molar-refractivity contribution >= 4 is 23.1 Å². The van der Waals surface area contributed by atoms with Gasteiger partial charge in [0.05, 0.1) is 43.6 Å². The fraction of sp³-hybridized carbons (Fsp3) is 0.207. The first-order valence-electron chi connectivity index (χ1n) is 11.8. The largest absolute Gasteiger partial charge is 0.507 e. The normalized spacial score (nSPS) is 16.4. The summed E-state index contributed by atoms with van der Waals surface area (Å²) < 4.78 is 16.7. The summed E-state index contributed by atoms with van der Waals surface area (Å²) in [5.41, 5.74) is 1.62. The summed E-state index contributed by atoms with van der Waals surface area (Å²) in [7, 11) is 1.52. The van der Waals surface area contributed by atoms with E-state index in [1.807, 2.05) is 19.9 Å². The van der Waals surface area contributed by atoms with Gasteiger partial charge in [0.1, 0.15) is 11.5 Å². The Morgan fingerprint density at radius 2 is 1.70 bits per heavy atom. The van der Waals surface area contributed by atoms with Crippen molar-refractivity contribution in [2.24, 2.45) is 0 Å². The van der Waals surface area contributed by atoms with Crippen LogP contribution in [-0.2, 0) is 9.59 Å². The van der Waals surface area contributed by atoms with E-state index in [9.17, 15) is 20.0 Å². The van der Waals surface area contributed by atoms with E-state index >= 15 is 0 Å². The summed E-state index contributed by atoms with van der Waals surface area (Å²) in [6, 6.07) is 19.2. The molecule has 8 heteroatoms. The van der Waals surface area contributed by atoms with Crippen LogP contribution in [0.4, 0.5) is 5.69 Å². The van der Waals surface area contributed by atoms with Crippen molar-refractivity contribution in [2.45, 2.75) is 19.9 Å². The highest BCUT2D eigenvalue weighted by molar-refractivity contribution is 6.51. The van der Waals surface area contributed by atoms with Crippen LogP contribution in [0.1, 0.15) is 36.6 Å². The van der Waals surface area contributed by atoms with Gasteiger partial charge in [-0.05, 0) is 67.9 Å². The Kier molecular flexibility index (Phi) is 7.44. The molecule has 3 aromatic carbocycles. The minimum absolute atomic E-state index is 0.0735. The van der Waals surface area contributed by atoms with Gasteiger partial charge in [0.2, 0.25) is 0 Å². The van der Waals surface area contributed by atoms with Crippen molar-refractivity contribution in [2.75, 3.05) is 25.2 Å². The zero-order chi connectivity index (χ0) is 26.5. The molecule has 1 heterocycles. The molecule has 1 atom stereocenters. The molecule has 0 aliphatic carbocycles. The average molecular weight is 499 g/mol. The summed E-state index contributed by atoms with van der Waals surface area (Å²) in [4.78, 5) is 28.1.